The summed E-state index contributed by atoms with van der Waals surface area (Å²) in [5, 5.41) is 0. The number of rotatable bonds is 6. The monoisotopic (exact) mass is 243 g/mol. The molecule has 0 fully saturated rings. The Morgan fingerprint density at radius 3 is 2.29 bits per heavy atom. The molecule has 0 amide bonds. The summed E-state index contributed by atoms with van der Waals surface area (Å²) in [5.41, 5.74) is 3.29. The number of nitrogens with zero attached hydrogens (tertiary/aromatic N) is 1. The molecule has 0 radical (unpaired) electrons. The van der Waals surface area contributed by atoms with Crippen molar-refractivity contribution in [2.75, 3.05) is 20.6 Å². The van der Waals surface area contributed by atoms with E-state index in [0.29, 0.717) is 12.0 Å². The van der Waals surface area contributed by atoms with Gasteiger partial charge in [0.2, 0.25) is 0 Å². The van der Waals surface area contributed by atoms with E-state index < -0.39 is 11.6 Å². The first-order chi connectivity index (χ1) is 8.01. The molecule has 1 aromatic rings. The summed E-state index contributed by atoms with van der Waals surface area (Å²) in [6, 6.07) is 3.55. The average Bonchev–Trinajstić information content (AvgIpc) is 2.22. The van der Waals surface area contributed by atoms with E-state index in [1.54, 1.807) is 0 Å². The molecular formula is C12H19F2N3. The number of hydrazine groups is 1. The molecule has 5 heteroatoms. The van der Waals surface area contributed by atoms with Crippen molar-refractivity contribution < 1.29 is 8.78 Å². The van der Waals surface area contributed by atoms with Gasteiger partial charge in [-0.2, -0.15) is 0 Å². The highest BCUT2D eigenvalue weighted by molar-refractivity contribution is 5.18. The molecule has 0 bridgehead atoms. The summed E-state index contributed by atoms with van der Waals surface area (Å²) < 4.78 is 26.0. The Bertz CT molecular complexity index is 335. The third-order valence-electron chi connectivity index (χ3n) is 2.56. The normalized spacial score (nSPS) is 13.1. The van der Waals surface area contributed by atoms with Crippen molar-refractivity contribution in [2.24, 2.45) is 5.84 Å². The number of nitrogens with two attached hydrogens (primary N) is 1. The minimum Gasteiger partial charge on any atom is -0.309 e. The molecule has 0 aliphatic carbocycles. The van der Waals surface area contributed by atoms with Gasteiger partial charge in [0, 0.05) is 12.1 Å². The van der Waals surface area contributed by atoms with Crippen molar-refractivity contribution in [1.29, 1.82) is 0 Å². The van der Waals surface area contributed by atoms with Crippen molar-refractivity contribution in [3.05, 3.63) is 35.4 Å². The Kier molecular flexibility index (Phi) is 5.47. The van der Waals surface area contributed by atoms with Crippen molar-refractivity contribution in [2.45, 2.75) is 18.9 Å². The zero-order chi connectivity index (χ0) is 12.8. The van der Waals surface area contributed by atoms with E-state index in [1.807, 2.05) is 19.0 Å². The third-order valence-corrected chi connectivity index (χ3v) is 2.56. The molecule has 1 atom stereocenters. The van der Waals surface area contributed by atoms with Gasteiger partial charge in [-0.3, -0.25) is 11.3 Å². The molecule has 0 aliphatic rings. The van der Waals surface area contributed by atoms with E-state index in [4.69, 9.17) is 5.84 Å². The Balaban J connectivity index is 2.60. The van der Waals surface area contributed by atoms with Crippen LogP contribution in [0.2, 0.25) is 0 Å². The molecule has 3 N–H and O–H groups in total. The van der Waals surface area contributed by atoms with Crippen molar-refractivity contribution >= 4 is 0 Å². The largest absolute Gasteiger partial charge is 0.309 e. The average molecular weight is 243 g/mol. The van der Waals surface area contributed by atoms with Crippen LogP contribution in [0.5, 0.6) is 0 Å². The summed E-state index contributed by atoms with van der Waals surface area (Å²) in [7, 11) is 3.94. The molecule has 1 rings (SSSR count). The highest BCUT2D eigenvalue weighted by Crippen LogP contribution is 2.11. The maximum Gasteiger partial charge on any atom is 0.126 e. The second-order valence-corrected chi connectivity index (χ2v) is 4.44. The van der Waals surface area contributed by atoms with Crippen LogP contribution >= 0.6 is 0 Å². The lowest BCUT2D eigenvalue weighted by molar-refractivity contribution is 0.358. The van der Waals surface area contributed by atoms with Crippen LogP contribution < -0.4 is 11.3 Å². The first-order valence-corrected chi connectivity index (χ1v) is 5.57. The Morgan fingerprint density at radius 1 is 1.24 bits per heavy atom. The molecule has 0 saturated carbocycles. The van der Waals surface area contributed by atoms with Crippen LogP contribution in [0.15, 0.2) is 18.2 Å². The van der Waals surface area contributed by atoms with E-state index in [0.717, 1.165) is 19.0 Å². The quantitative estimate of drug-likeness (QED) is 0.584. The van der Waals surface area contributed by atoms with E-state index in [1.165, 1.54) is 12.1 Å². The van der Waals surface area contributed by atoms with Gasteiger partial charge in [-0.05, 0) is 51.2 Å². The number of nitrogens with one attached hydrogen (secondary N) is 1. The third kappa shape index (κ3) is 5.21. The summed E-state index contributed by atoms with van der Waals surface area (Å²) >= 11 is 0. The molecular weight excluding hydrogens is 224 g/mol. The van der Waals surface area contributed by atoms with Gasteiger partial charge >= 0.3 is 0 Å². The Hall–Kier alpha value is -1.04. The smallest absolute Gasteiger partial charge is 0.126 e. The van der Waals surface area contributed by atoms with Crippen molar-refractivity contribution in [3.8, 4) is 0 Å². The summed E-state index contributed by atoms with van der Waals surface area (Å²) in [6.45, 7) is 0.868. The zero-order valence-corrected chi connectivity index (χ0v) is 10.2. The minimum absolute atomic E-state index is 0.0126. The Morgan fingerprint density at radius 2 is 1.82 bits per heavy atom. The van der Waals surface area contributed by atoms with Crippen LogP contribution in [0.3, 0.4) is 0 Å². The topological polar surface area (TPSA) is 41.3 Å². The van der Waals surface area contributed by atoms with Gasteiger partial charge in [0.15, 0.2) is 0 Å². The predicted molar refractivity (Wildman–Crippen MR) is 64.3 cm³/mol. The number of hydrogen-bond donors (Lipinski definition) is 2. The van der Waals surface area contributed by atoms with Gasteiger partial charge in [0.25, 0.3) is 0 Å². The lowest BCUT2D eigenvalue weighted by Crippen LogP contribution is -2.38. The van der Waals surface area contributed by atoms with Gasteiger partial charge in [0.05, 0.1) is 0 Å². The highest BCUT2D eigenvalue weighted by atomic mass is 19.1. The molecule has 0 spiro atoms. The molecule has 1 aromatic carbocycles. The van der Waals surface area contributed by atoms with Crippen LogP contribution in [-0.4, -0.2) is 31.6 Å². The number of benzene rings is 1. The second-order valence-electron chi connectivity index (χ2n) is 4.44. The van der Waals surface area contributed by atoms with Crippen LogP contribution in [0.4, 0.5) is 8.78 Å². The lowest BCUT2D eigenvalue weighted by atomic mass is 10.0. The molecule has 0 heterocycles. The van der Waals surface area contributed by atoms with Gasteiger partial charge in [-0.1, -0.05) is 0 Å². The number of halogens is 2. The molecule has 1 unspecified atom stereocenters. The maximum absolute atomic E-state index is 13.0. The molecule has 96 valence electrons. The minimum atomic E-state index is -0.552. The van der Waals surface area contributed by atoms with Crippen LogP contribution in [0, 0.1) is 11.6 Å². The van der Waals surface area contributed by atoms with Gasteiger partial charge < -0.3 is 4.90 Å². The molecule has 17 heavy (non-hydrogen) atoms. The van der Waals surface area contributed by atoms with Crippen molar-refractivity contribution in [1.82, 2.24) is 10.3 Å². The second kappa shape index (κ2) is 6.64. The fourth-order valence-electron chi connectivity index (χ4n) is 1.67. The van der Waals surface area contributed by atoms with E-state index in [9.17, 15) is 8.78 Å². The molecule has 0 aromatic heterocycles. The fourth-order valence-corrected chi connectivity index (χ4v) is 1.67. The first kappa shape index (κ1) is 14.0. The summed E-state index contributed by atoms with van der Waals surface area (Å²) in [5.74, 6) is 4.32. The van der Waals surface area contributed by atoms with Gasteiger partial charge in [-0.25, -0.2) is 8.78 Å². The van der Waals surface area contributed by atoms with E-state index >= 15 is 0 Å². The van der Waals surface area contributed by atoms with E-state index in [2.05, 4.69) is 5.43 Å². The number of hydrogen-bond acceptors (Lipinski definition) is 3. The van der Waals surface area contributed by atoms with E-state index in [-0.39, 0.29) is 6.04 Å². The highest BCUT2D eigenvalue weighted by Gasteiger charge is 2.10. The SMILES string of the molecule is CN(C)CCC(Cc1cc(F)cc(F)c1)NN. The van der Waals surface area contributed by atoms with Crippen LogP contribution in [0.1, 0.15) is 12.0 Å². The van der Waals surface area contributed by atoms with Crippen molar-refractivity contribution in [3.63, 3.8) is 0 Å². The fraction of sp³-hybridized carbons (Fsp3) is 0.500. The van der Waals surface area contributed by atoms with Gasteiger partial charge in [0.1, 0.15) is 11.6 Å². The van der Waals surface area contributed by atoms with Crippen LogP contribution in [-0.2, 0) is 6.42 Å². The Labute approximate surface area is 101 Å². The summed E-state index contributed by atoms with van der Waals surface area (Å²) in [4.78, 5) is 2.04. The molecule has 0 saturated heterocycles. The maximum atomic E-state index is 13.0. The van der Waals surface area contributed by atoms with Crippen LogP contribution in [0.25, 0.3) is 0 Å². The lowest BCUT2D eigenvalue weighted by Gasteiger charge is -2.18. The predicted octanol–water partition coefficient (Wildman–Crippen LogP) is 1.29. The zero-order valence-electron chi connectivity index (χ0n) is 10.2. The van der Waals surface area contributed by atoms with Gasteiger partial charge in [-0.15, -0.1) is 0 Å². The molecule has 3 nitrogen and oxygen atoms in total. The summed E-state index contributed by atoms with van der Waals surface area (Å²) in [6.07, 6.45) is 1.33. The first-order valence-electron chi connectivity index (χ1n) is 5.57. The molecule has 0 aliphatic heterocycles. The standard InChI is InChI=1S/C12H19F2N3/c1-17(2)4-3-12(16-15)7-9-5-10(13)8-11(14)6-9/h5-6,8,12,16H,3-4,7,15H2,1-2H3.